The fraction of sp³-hybridized carbons (Fsp3) is 0.588. The Kier molecular flexibility index (Phi) is 5.34. The van der Waals surface area contributed by atoms with Crippen molar-refractivity contribution < 1.29 is 18.7 Å². The molecule has 5 nitrogen and oxygen atoms in total. The van der Waals surface area contributed by atoms with Crippen molar-refractivity contribution in [2.24, 2.45) is 0 Å². The molecular formula is C17H25FN2O3. The van der Waals surface area contributed by atoms with E-state index in [1.807, 2.05) is 20.8 Å². The van der Waals surface area contributed by atoms with Gasteiger partial charge in [0.05, 0.1) is 7.11 Å². The Bertz CT molecular complexity index is 549. The molecule has 1 aliphatic heterocycles. The van der Waals surface area contributed by atoms with Crippen molar-refractivity contribution in [1.82, 2.24) is 4.90 Å². The maximum absolute atomic E-state index is 13.4. The standard InChI is InChI=1S/C17H25FN2O3/c1-17(2,3)23-16(21)20-9-7-12(8-10-20)19-13-5-6-14(18)15(11-13)22-4/h5-6,11-12,19H,7-10H2,1-4H3. The van der Waals surface area contributed by atoms with Crippen molar-refractivity contribution in [3.63, 3.8) is 0 Å². The van der Waals surface area contributed by atoms with Crippen LogP contribution in [0.15, 0.2) is 18.2 Å². The van der Waals surface area contributed by atoms with Gasteiger partial charge in [0.15, 0.2) is 11.6 Å². The summed E-state index contributed by atoms with van der Waals surface area (Å²) in [5, 5.41) is 3.37. The van der Waals surface area contributed by atoms with Crippen molar-refractivity contribution in [1.29, 1.82) is 0 Å². The van der Waals surface area contributed by atoms with E-state index in [0.717, 1.165) is 18.5 Å². The van der Waals surface area contributed by atoms with E-state index >= 15 is 0 Å². The normalized spacial score (nSPS) is 16.1. The average molecular weight is 324 g/mol. The Morgan fingerprint density at radius 3 is 2.52 bits per heavy atom. The molecule has 1 saturated heterocycles. The summed E-state index contributed by atoms with van der Waals surface area (Å²) in [7, 11) is 1.45. The van der Waals surface area contributed by atoms with Crippen molar-refractivity contribution >= 4 is 11.8 Å². The zero-order chi connectivity index (χ0) is 17.0. The summed E-state index contributed by atoms with van der Waals surface area (Å²) in [6.07, 6.45) is 1.37. The third-order valence-corrected chi connectivity index (χ3v) is 3.67. The fourth-order valence-corrected chi connectivity index (χ4v) is 2.52. The zero-order valence-electron chi connectivity index (χ0n) is 14.2. The molecule has 0 spiro atoms. The van der Waals surface area contributed by atoms with Gasteiger partial charge in [-0.3, -0.25) is 0 Å². The number of piperidine rings is 1. The molecule has 1 aromatic rings. The second kappa shape index (κ2) is 7.06. The summed E-state index contributed by atoms with van der Waals surface area (Å²) in [6, 6.07) is 4.97. The van der Waals surface area contributed by atoms with Gasteiger partial charge in [0.1, 0.15) is 5.60 Å². The first-order valence-electron chi connectivity index (χ1n) is 7.86. The Hall–Kier alpha value is -1.98. The van der Waals surface area contributed by atoms with E-state index in [2.05, 4.69) is 5.32 Å². The molecule has 0 aliphatic carbocycles. The molecule has 1 amide bonds. The third kappa shape index (κ3) is 5.01. The summed E-state index contributed by atoms with van der Waals surface area (Å²) < 4.78 is 23.8. The molecule has 0 radical (unpaired) electrons. The van der Waals surface area contributed by atoms with Gasteiger partial charge in [0.2, 0.25) is 0 Å². The summed E-state index contributed by atoms with van der Waals surface area (Å²) >= 11 is 0. The molecule has 0 atom stereocenters. The maximum atomic E-state index is 13.4. The molecule has 0 saturated carbocycles. The largest absolute Gasteiger partial charge is 0.494 e. The average Bonchev–Trinajstić information content (AvgIpc) is 2.48. The SMILES string of the molecule is COc1cc(NC2CCN(C(=O)OC(C)(C)C)CC2)ccc1F. The number of carbonyl (C=O) groups is 1. The number of amides is 1. The minimum absolute atomic E-state index is 0.223. The number of hydrogen-bond donors (Lipinski definition) is 1. The van der Waals surface area contributed by atoms with E-state index in [0.29, 0.717) is 13.1 Å². The number of nitrogens with one attached hydrogen (secondary N) is 1. The van der Waals surface area contributed by atoms with Crippen LogP contribution >= 0.6 is 0 Å². The molecular weight excluding hydrogens is 299 g/mol. The molecule has 1 aliphatic rings. The summed E-state index contributed by atoms with van der Waals surface area (Å²) in [4.78, 5) is 13.8. The van der Waals surface area contributed by atoms with Crippen LogP contribution < -0.4 is 10.1 Å². The molecule has 1 fully saturated rings. The minimum atomic E-state index is -0.475. The van der Waals surface area contributed by atoms with Crippen LogP contribution in [0.5, 0.6) is 5.75 Å². The van der Waals surface area contributed by atoms with Crippen LogP contribution in [-0.4, -0.2) is 42.8 Å². The predicted octanol–water partition coefficient (Wildman–Crippen LogP) is 3.65. The van der Waals surface area contributed by atoms with Crippen LogP contribution in [0, 0.1) is 5.82 Å². The lowest BCUT2D eigenvalue weighted by molar-refractivity contribution is 0.0210. The maximum Gasteiger partial charge on any atom is 0.410 e. The van der Waals surface area contributed by atoms with Crippen molar-refractivity contribution in [3.8, 4) is 5.75 Å². The number of nitrogens with zero attached hydrogens (tertiary/aromatic N) is 1. The lowest BCUT2D eigenvalue weighted by Crippen LogP contribution is -2.44. The molecule has 23 heavy (non-hydrogen) atoms. The Morgan fingerprint density at radius 1 is 1.30 bits per heavy atom. The van der Waals surface area contributed by atoms with Gasteiger partial charge >= 0.3 is 6.09 Å². The van der Waals surface area contributed by atoms with E-state index in [4.69, 9.17) is 9.47 Å². The topological polar surface area (TPSA) is 50.8 Å². The number of ether oxygens (including phenoxy) is 2. The van der Waals surface area contributed by atoms with Gasteiger partial charge in [-0.15, -0.1) is 0 Å². The van der Waals surface area contributed by atoms with Gasteiger partial charge < -0.3 is 19.7 Å². The lowest BCUT2D eigenvalue weighted by atomic mass is 10.0. The molecule has 2 rings (SSSR count). The number of rotatable bonds is 3. The molecule has 0 aromatic heterocycles. The summed E-state index contributed by atoms with van der Waals surface area (Å²) in [6.45, 7) is 6.87. The quantitative estimate of drug-likeness (QED) is 0.922. The number of benzene rings is 1. The van der Waals surface area contributed by atoms with Crippen molar-refractivity contribution in [3.05, 3.63) is 24.0 Å². The Balaban J connectivity index is 1.86. The highest BCUT2D eigenvalue weighted by molar-refractivity contribution is 5.68. The second-order valence-electron chi connectivity index (χ2n) is 6.74. The number of likely N-dealkylation sites (tertiary alicyclic amines) is 1. The molecule has 0 unspecified atom stereocenters. The molecule has 0 bridgehead atoms. The highest BCUT2D eigenvalue weighted by Gasteiger charge is 2.26. The van der Waals surface area contributed by atoms with Crippen LogP contribution in [0.4, 0.5) is 14.9 Å². The Morgan fingerprint density at radius 2 is 1.96 bits per heavy atom. The predicted molar refractivity (Wildman–Crippen MR) is 87.4 cm³/mol. The number of anilines is 1. The van der Waals surface area contributed by atoms with Gasteiger partial charge in [-0.2, -0.15) is 0 Å². The second-order valence-corrected chi connectivity index (χ2v) is 6.74. The molecule has 1 aromatic carbocycles. The van der Waals surface area contributed by atoms with Gasteiger partial charge in [0, 0.05) is 30.9 Å². The molecule has 6 heteroatoms. The van der Waals surface area contributed by atoms with Crippen LogP contribution in [0.2, 0.25) is 0 Å². The minimum Gasteiger partial charge on any atom is -0.494 e. The first-order chi connectivity index (χ1) is 10.8. The van der Waals surface area contributed by atoms with E-state index in [1.165, 1.54) is 13.2 Å². The number of carbonyl (C=O) groups excluding carboxylic acids is 1. The number of methoxy groups -OCH3 is 1. The summed E-state index contributed by atoms with van der Waals surface area (Å²) in [5.41, 5.74) is 0.343. The smallest absolute Gasteiger partial charge is 0.410 e. The Labute approximate surface area is 136 Å². The first-order valence-corrected chi connectivity index (χ1v) is 7.86. The van der Waals surface area contributed by atoms with Crippen LogP contribution in [-0.2, 0) is 4.74 Å². The molecule has 1 N–H and O–H groups in total. The van der Waals surface area contributed by atoms with Crippen molar-refractivity contribution in [2.75, 3.05) is 25.5 Å². The van der Waals surface area contributed by atoms with Gasteiger partial charge in [-0.25, -0.2) is 9.18 Å². The van der Waals surface area contributed by atoms with Crippen molar-refractivity contribution in [2.45, 2.75) is 45.3 Å². The van der Waals surface area contributed by atoms with Crippen LogP contribution in [0.1, 0.15) is 33.6 Å². The van der Waals surface area contributed by atoms with E-state index in [9.17, 15) is 9.18 Å². The first kappa shape index (κ1) is 17.4. The van der Waals surface area contributed by atoms with Crippen LogP contribution in [0.25, 0.3) is 0 Å². The number of halogens is 1. The highest BCUT2D eigenvalue weighted by Crippen LogP contribution is 2.24. The van der Waals surface area contributed by atoms with Gasteiger partial charge in [-0.1, -0.05) is 0 Å². The van der Waals surface area contributed by atoms with Gasteiger partial charge in [0.25, 0.3) is 0 Å². The zero-order valence-corrected chi connectivity index (χ0v) is 14.2. The van der Waals surface area contributed by atoms with Crippen LogP contribution in [0.3, 0.4) is 0 Å². The summed E-state index contributed by atoms with van der Waals surface area (Å²) in [5.74, 6) is -0.154. The lowest BCUT2D eigenvalue weighted by Gasteiger charge is -2.34. The highest BCUT2D eigenvalue weighted by atomic mass is 19.1. The molecule has 1 heterocycles. The molecule has 128 valence electrons. The van der Waals surface area contributed by atoms with Gasteiger partial charge in [-0.05, 0) is 45.7 Å². The number of hydrogen-bond acceptors (Lipinski definition) is 4. The van der Waals surface area contributed by atoms with E-state index < -0.39 is 5.60 Å². The third-order valence-electron chi connectivity index (χ3n) is 3.67. The van der Waals surface area contributed by atoms with E-state index in [-0.39, 0.29) is 23.7 Å². The fourth-order valence-electron chi connectivity index (χ4n) is 2.52. The monoisotopic (exact) mass is 324 g/mol. The van der Waals surface area contributed by atoms with E-state index in [1.54, 1.807) is 17.0 Å².